The molecule has 0 heterocycles. The standard InChI is InChI=1S/C20H24BrNO5/c1-12-14(6-5-7-17(12)21)11-27-15-8-18(25-3)16(19(9-15)26-4)10-22-13(2)20(23)24/h5-9,13,22H,10-11H2,1-4H3,(H,23,24). The summed E-state index contributed by atoms with van der Waals surface area (Å²) in [4.78, 5) is 11.0. The van der Waals surface area contributed by atoms with Crippen LogP contribution in [-0.4, -0.2) is 31.3 Å². The Kier molecular flexibility index (Phi) is 7.50. The van der Waals surface area contributed by atoms with Gasteiger partial charge in [-0.2, -0.15) is 0 Å². The van der Waals surface area contributed by atoms with E-state index in [2.05, 4.69) is 21.2 Å². The highest BCUT2D eigenvalue weighted by atomic mass is 79.9. The number of benzene rings is 2. The van der Waals surface area contributed by atoms with Gasteiger partial charge in [0.2, 0.25) is 0 Å². The van der Waals surface area contributed by atoms with Gasteiger partial charge < -0.3 is 24.6 Å². The second-order valence-electron chi connectivity index (χ2n) is 6.06. The van der Waals surface area contributed by atoms with E-state index in [-0.39, 0.29) is 0 Å². The highest BCUT2D eigenvalue weighted by molar-refractivity contribution is 9.10. The van der Waals surface area contributed by atoms with E-state index in [9.17, 15) is 4.79 Å². The molecule has 0 saturated carbocycles. The van der Waals surface area contributed by atoms with E-state index in [1.54, 1.807) is 33.3 Å². The first-order valence-corrected chi connectivity index (χ1v) is 9.24. The van der Waals surface area contributed by atoms with Gasteiger partial charge >= 0.3 is 5.97 Å². The zero-order valence-corrected chi connectivity index (χ0v) is 17.4. The predicted molar refractivity (Wildman–Crippen MR) is 107 cm³/mol. The van der Waals surface area contributed by atoms with Gasteiger partial charge in [-0.25, -0.2) is 0 Å². The molecule has 27 heavy (non-hydrogen) atoms. The van der Waals surface area contributed by atoms with Crippen molar-refractivity contribution in [3.63, 3.8) is 0 Å². The van der Waals surface area contributed by atoms with Crippen molar-refractivity contribution in [2.45, 2.75) is 33.0 Å². The van der Waals surface area contributed by atoms with Gasteiger partial charge in [0.15, 0.2) is 0 Å². The van der Waals surface area contributed by atoms with Crippen LogP contribution in [0.25, 0.3) is 0 Å². The molecule has 0 aliphatic carbocycles. The fourth-order valence-electron chi connectivity index (χ4n) is 2.53. The summed E-state index contributed by atoms with van der Waals surface area (Å²) in [6.07, 6.45) is 0. The maximum absolute atomic E-state index is 11.0. The van der Waals surface area contributed by atoms with E-state index in [1.165, 1.54) is 0 Å². The molecule has 0 aliphatic heterocycles. The molecule has 2 N–H and O–H groups in total. The Morgan fingerprint density at radius 3 is 2.41 bits per heavy atom. The largest absolute Gasteiger partial charge is 0.496 e. The van der Waals surface area contributed by atoms with Crippen molar-refractivity contribution in [2.24, 2.45) is 0 Å². The van der Waals surface area contributed by atoms with Crippen LogP contribution in [0.2, 0.25) is 0 Å². The number of aliphatic carboxylic acids is 1. The summed E-state index contributed by atoms with van der Waals surface area (Å²) >= 11 is 3.52. The minimum absolute atomic E-state index is 0.296. The zero-order chi connectivity index (χ0) is 20.0. The van der Waals surface area contributed by atoms with Crippen LogP contribution >= 0.6 is 15.9 Å². The second kappa shape index (κ2) is 9.62. The number of hydrogen-bond donors (Lipinski definition) is 2. The minimum atomic E-state index is -0.919. The first kappa shape index (κ1) is 21.1. The molecule has 2 rings (SSSR count). The van der Waals surface area contributed by atoms with Gasteiger partial charge in [-0.05, 0) is 31.0 Å². The lowest BCUT2D eigenvalue weighted by molar-refractivity contribution is -0.139. The third-order valence-corrected chi connectivity index (χ3v) is 5.17. The highest BCUT2D eigenvalue weighted by Gasteiger charge is 2.17. The number of rotatable bonds is 9. The first-order valence-electron chi connectivity index (χ1n) is 8.45. The predicted octanol–water partition coefficient (Wildman–Crippen LogP) is 3.92. The van der Waals surface area contributed by atoms with Gasteiger partial charge in [-0.15, -0.1) is 0 Å². The Bertz CT molecular complexity index is 784. The first-order chi connectivity index (χ1) is 12.9. The van der Waals surface area contributed by atoms with Crippen molar-refractivity contribution in [1.82, 2.24) is 5.32 Å². The molecule has 146 valence electrons. The average molecular weight is 438 g/mol. The molecule has 0 saturated heterocycles. The number of carboxylic acids is 1. The summed E-state index contributed by atoms with van der Waals surface area (Å²) in [6.45, 7) is 4.32. The number of nitrogens with one attached hydrogen (secondary N) is 1. The van der Waals surface area contributed by atoms with Gasteiger partial charge in [0.1, 0.15) is 29.9 Å². The Hall–Kier alpha value is -2.25. The van der Waals surface area contributed by atoms with Crippen LogP contribution < -0.4 is 19.5 Å². The summed E-state index contributed by atoms with van der Waals surface area (Å²) in [5.74, 6) is 0.830. The van der Waals surface area contributed by atoms with E-state index in [1.807, 2.05) is 25.1 Å². The van der Waals surface area contributed by atoms with Crippen molar-refractivity contribution in [3.8, 4) is 17.2 Å². The van der Waals surface area contributed by atoms with Crippen LogP contribution in [0, 0.1) is 6.92 Å². The maximum atomic E-state index is 11.0. The molecule has 2 aromatic rings. The van der Waals surface area contributed by atoms with E-state index < -0.39 is 12.0 Å². The minimum Gasteiger partial charge on any atom is -0.496 e. The summed E-state index contributed by atoms with van der Waals surface area (Å²) < 4.78 is 17.9. The van der Waals surface area contributed by atoms with E-state index >= 15 is 0 Å². The number of ether oxygens (including phenoxy) is 3. The van der Waals surface area contributed by atoms with Crippen LogP contribution in [0.15, 0.2) is 34.8 Å². The summed E-state index contributed by atoms with van der Waals surface area (Å²) in [5, 5.41) is 12.0. The third-order valence-electron chi connectivity index (χ3n) is 4.31. The van der Waals surface area contributed by atoms with Gasteiger partial charge in [-0.1, -0.05) is 28.1 Å². The smallest absolute Gasteiger partial charge is 0.320 e. The van der Waals surface area contributed by atoms with E-state index in [0.717, 1.165) is 21.2 Å². The molecular weight excluding hydrogens is 414 g/mol. The molecule has 0 fully saturated rings. The topological polar surface area (TPSA) is 77.0 Å². The molecule has 1 unspecified atom stereocenters. The molecular formula is C20H24BrNO5. The van der Waals surface area contributed by atoms with Gasteiger partial charge in [0.05, 0.1) is 19.8 Å². The number of halogens is 1. The Morgan fingerprint density at radius 1 is 1.22 bits per heavy atom. The molecule has 0 aliphatic rings. The lowest BCUT2D eigenvalue weighted by Gasteiger charge is -2.18. The molecule has 0 bridgehead atoms. The quantitative estimate of drug-likeness (QED) is 0.618. The van der Waals surface area contributed by atoms with Gasteiger partial charge in [-0.3, -0.25) is 4.79 Å². The molecule has 0 aromatic heterocycles. The monoisotopic (exact) mass is 437 g/mol. The van der Waals surface area contributed by atoms with Crippen LogP contribution in [0.5, 0.6) is 17.2 Å². The summed E-state index contributed by atoms with van der Waals surface area (Å²) in [5.41, 5.74) is 2.93. The maximum Gasteiger partial charge on any atom is 0.320 e. The normalized spacial score (nSPS) is 11.7. The Balaban J connectivity index is 2.21. The molecule has 6 nitrogen and oxygen atoms in total. The van der Waals surface area contributed by atoms with Crippen LogP contribution in [0.1, 0.15) is 23.6 Å². The zero-order valence-electron chi connectivity index (χ0n) is 15.8. The molecule has 0 radical (unpaired) electrons. The lowest BCUT2D eigenvalue weighted by atomic mass is 10.1. The number of methoxy groups -OCH3 is 2. The van der Waals surface area contributed by atoms with E-state index in [4.69, 9.17) is 19.3 Å². The van der Waals surface area contributed by atoms with Crippen molar-refractivity contribution >= 4 is 21.9 Å². The van der Waals surface area contributed by atoms with Crippen LogP contribution in [0.3, 0.4) is 0 Å². The fourth-order valence-corrected chi connectivity index (χ4v) is 2.94. The fraction of sp³-hybridized carbons (Fsp3) is 0.350. The SMILES string of the molecule is COc1cc(OCc2cccc(Br)c2C)cc(OC)c1CNC(C)C(=O)O. The van der Waals surface area contributed by atoms with Gasteiger partial charge in [0.25, 0.3) is 0 Å². The highest BCUT2D eigenvalue weighted by Crippen LogP contribution is 2.34. The number of carboxylic acid groups (broad SMARTS) is 1. The van der Waals surface area contributed by atoms with E-state index in [0.29, 0.717) is 30.4 Å². The molecule has 0 amide bonds. The van der Waals surface area contributed by atoms with Crippen LogP contribution in [-0.2, 0) is 17.9 Å². The second-order valence-corrected chi connectivity index (χ2v) is 6.91. The summed E-state index contributed by atoms with van der Waals surface area (Å²) in [7, 11) is 3.11. The third kappa shape index (κ3) is 5.37. The van der Waals surface area contributed by atoms with Gasteiger partial charge in [0, 0.05) is 23.2 Å². The lowest BCUT2D eigenvalue weighted by Crippen LogP contribution is -2.33. The molecule has 7 heteroatoms. The Labute approximate surface area is 167 Å². The molecule has 2 aromatic carbocycles. The average Bonchev–Trinajstić information content (AvgIpc) is 2.66. The molecule has 1 atom stereocenters. The van der Waals surface area contributed by atoms with Crippen LogP contribution in [0.4, 0.5) is 0 Å². The van der Waals surface area contributed by atoms with Crippen molar-refractivity contribution in [2.75, 3.05) is 14.2 Å². The Morgan fingerprint density at radius 2 is 1.85 bits per heavy atom. The van der Waals surface area contributed by atoms with Crippen molar-refractivity contribution in [1.29, 1.82) is 0 Å². The molecule has 0 spiro atoms. The van der Waals surface area contributed by atoms with Crippen molar-refractivity contribution in [3.05, 3.63) is 51.5 Å². The summed E-state index contributed by atoms with van der Waals surface area (Å²) in [6, 6.07) is 8.84. The number of hydrogen-bond acceptors (Lipinski definition) is 5. The number of carbonyl (C=O) groups is 1. The van der Waals surface area contributed by atoms with Crippen molar-refractivity contribution < 1.29 is 24.1 Å².